The molecule has 3 rings (SSSR count). The first-order valence-electron chi connectivity index (χ1n) is 7.69. The summed E-state index contributed by atoms with van der Waals surface area (Å²) in [5.74, 6) is 0.240. The normalized spacial score (nSPS) is 26.2. The fraction of sp³-hybridized carbons (Fsp3) is 0.333. The second-order valence-corrected chi connectivity index (χ2v) is 8.37. The number of aliphatic hydroxyl groups excluding tert-OH is 1. The van der Waals surface area contributed by atoms with Gasteiger partial charge in [-0.1, -0.05) is 29.8 Å². The number of ether oxygens (including phenoxy) is 1. The number of nitrogens with two attached hydrogens (primary N) is 1. The van der Waals surface area contributed by atoms with E-state index in [1.54, 1.807) is 55.6 Å². The van der Waals surface area contributed by atoms with Gasteiger partial charge in [-0.25, -0.2) is 8.42 Å². The predicted octanol–water partition coefficient (Wildman–Crippen LogP) is 1.63. The molecule has 0 aromatic heterocycles. The molecule has 0 unspecified atom stereocenters. The molecule has 0 spiro atoms. The van der Waals surface area contributed by atoms with Gasteiger partial charge in [0.05, 0.1) is 29.4 Å². The Hall–Kier alpha value is -1.89. The van der Waals surface area contributed by atoms with Crippen molar-refractivity contribution < 1.29 is 18.3 Å². The van der Waals surface area contributed by atoms with Gasteiger partial charge in [-0.15, -0.1) is 0 Å². The fourth-order valence-corrected chi connectivity index (χ4v) is 5.55. The Labute approximate surface area is 142 Å². The summed E-state index contributed by atoms with van der Waals surface area (Å²) in [6, 6.07) is 13.8. The van der Waals surface area contributed by atoms with Crippen LogP contribution in [0.25, 0.3) is 0 Å². The SMILES string of the molecule is COc1ccc([C@H]2[C@@H](S(=O)(=O)c3ccc(C)cc3)[C@@]2(N)CO)cc1. The van der Waals surface area contributed by atoms with Crippen LogP contribution >= 0.6 is 0 Å². The Bertz CT molecular complexity index is 830. The molecule has 0 saturated heterocycles. The number of hydrogen-bond acceptors (Lipinski definition) is 5. The van der Waals surface area contributed by atoms with E-state index in [-0.39, 0.29) is 11.5 Å². The maximum absolute atomic E-state index is 13.0. The monoisotopic (exact) mass is 347 g/mol. The second kappa shape index (κ2) is 5.88. The molecule has 1 aliphatic rings. The summed E-state index contributed by atoms with van der Waals surface area (Å²) in [5.41, 5.74) is 6.83. The van der Waals surface area contributed by atoms with Gasteiger partial charge < -0.3 is 15.6 Å². The summed E-state index contributed by atoms with van der Waals surface area (Å²) in [6.07, 6.45) is 0. The van der Waals surface area contributed by atoms with E-state index in [1.165, 1.54) is 0 Å². The minimum atomic E-state index is -3.63. The van der Waals surface area contributed by atoms with Crippen molar-refractivity contribution in [2.45, 2.75) is 28.5 Å². The number of hydrogen-bond donors (Lipinski definition) is 2. The molecule has 0 bridgehead atoms. The first-order valence-corrected chi connectivity index (χ1v) is 9.23. The lowest BCUT2D eigenvalue weighted by atomic mass is 10.1. The van der Waals surface area contributed by atoms with E-state index in [2.05, 4.69) is 0 Å². The third-order valence-corrected chi connectivity index (χ3v) is 7.04. The molecule has 3 N–H and O–H groups in total. The van der Waals surface area contributed by atoms with Crippen LogP contribution < -0.4 is 10.5 Å². The summed E-state index contributed by atoms with van der Waals surface area (Å²) in [7, 11) is -2.06. The molecule has 128 valence electrons. The van der Waals surface area contributed by atoms with E-state index >= 15 is 0 Å². The van der Waals surface area contributed by atoms with E-state index < -0.39 is 26.5 Å². The fourth-order valence-electron chi connectivity index (χ4n) is 3.25. The molecule has 2 aromatic carbocycles. The van der Waals surface area contributed by atoms with Crippen molar-refractivity contribution in [1.82, 2.24) is 0 Å². The molecule has 24 heavy (non-hydrogen) atoms. The average molecular weight is 347 g/mol. The maximum atomic E-state index is 13.0. The zero-order valence-corrected chi connectivity index (χ0v) is 14.5. The average Bonchev–Trinajstić information content (AvgIpc) is 3.23. The van der Waals surface area contributed by atoms with E-state index in [4.69, 9.17) is 10.5 Å². The number of sulfone groups is 1. The minimum absolute atomic E-state index is 0.234. The lowest BCUT2D eigenvalue weighted by molar-refractivity contribution is 0.253. The minimum Gasteiger partial charge on any atom is -0.497 e. The van der Waals surface area contributed by atoms with Crippen molar-refractivity contribution in [1.29, 1.82) is 0 Å². The highest BCUT2D eigenvalue weighted by molar-refractivity contribution is 7.92. The van der Waals surface area contributed by atoms with E-state index in [0.29, 0.717) is 5.75 Å². The Morgan fingerprint density at radius 1 is 1.12 bits per heavy atom. The largest absolute Gasteiger partial charge is 0.497 e. The van der Waals surface area contributed by atoms with E-state index in [1.807, 2.05) is 6.92 Å². The van der Waals surface area contributed by atoms with Gasteiger partial charge in [-0.2, -0.15) is 0 Å². The van der Waals surface area contributed by atoms with Crippen LogP contribution in [0.15, 0.2) is 53.4 Å². The van der Waals surface area contributed by atoms with Gasteiger partial charge in [0.15, 0.2) is 9.84 Å². The molecule has 5 nitrogen and oxygen atoms in total. The van der Waals surface area contributed by atoms with E-state index in [9.17, 15) is 13.5 Å². The molecule has 6 heteroatoms. The standard InChI is InChI=1S/C18H21NO4S/c1-12-3-9-15(10-4-12)24(21,22)17-16(18(17,19)11-20)13-5-7-14(23-2)8-6-13/h3-10,16-17,20H,11,19H2,1-2H3/t16-,17+,18+/m0/s1. The van der Waals surface area contributed by atoms with E-state index in [0.717, 1.165) is 11.1 Å². The van der Waals surface area contributed by atoms with Crippen LogP contribution in [0.5, 0.6) is 5.75 Å². The summed E-state index contributed by atoms with van der Waals surface area (Å²) in [6.45, 7) is 1.51. The Balaban J connectivity index is 1.98. The Morgan fingerprint density at radius 2 is 1.71 bits per heavy atom. The van der Waals surface area contributed by atoms with Gasteiger partial charge in [0.25, 0.3) is 0 Å². The topological polar surface area (TPSA) is 89.6 Å². The van der Waals surface area contributed by atoms with Gasteiger partial charge >= 0.3 is 0 Å². The lowest BCUT2D eigenvalue weighted by Crippen LogP contribution is -2.35. The zero-order valence-electron chi connectivity index (χ0n) is 13.6. The lowest BCUT2D eigenvalue weighted by Gasteiger charge is -2.08. The van der Waals surface area contributed by atoms with Gasteiger partial charge in [-0.3, -0.25) is 0 Å². The van der Waals surface area contributed by atoms with Gasteiger partial charge in [0.2, 0.25) is 0 Å². The molecule has 1 fully saturated rings. The molecular formula is C18H21NO4S. The van der Waals surface area contributed by atoms with Crippen LogP contribution in [0, 0.1) is 6.92 Å². The van der Waals surface area contributed by atoms with Crippen molar-refractivity contribution >= 4 is 9.84 Å². The van der Waals surface area contributed by atoms with Crippen LogP contribution in [0.3, 0.4) is 0 Å². The zero-order chi connectivity index (χ0) is 17.5. The van der Waals surface area contributed by atoms with Crippen molar-refractivity contribution in [3.8, 4) is 5.75 Å². The quantitative estimate of drug-likeness (QED) is 0.858. The van der Waals surface area contributed by atoms with Crippen LogP contribution in [-0.4, -0.2) is 38.0 Å². The van der Waals surface area contributed by atoms with Gasteiger partial charge in [0, 0.05) is 5.92 Å². The highest BCUT2D eigenvalue weighted by Crippen LogP contribution is 2.55. The first kappa shape index (κ1) is 17.0. The molecule has 0 amide bonds. The number of aliphatic hydroxyl groups is 1. The maximum Gasteiger partial charge on any atom is 0.183 e. The molecule has 1 aliphatic carbocycles. The molecule has 0 radical (unpaired) electrons. The predicted molar refractivity (Wildman–Crippen MR) is 91.9 cm³/mol. The summed E-state index contributed by atoms with van der Waals surface area (Å²) >= 11 is 0. The third kappa shape index (κ3) is 2.60. The number of aryl methyl sites for hydroxylation is 1. The van der Waals surface area contributed by atoms with Crippen molar-refractivity contribution in [2.24, 2.45) is 5.73 Å². The van der Waals surface area contributed by atoms with Gasteiger partial charge in [-0.05, 0) is 36.8 Å². The molecule has 2 aromatic rings. The van der Waals surface area contributed by atoms with Crippen molar-refractivity contribution in [3.05, 3.63) is 59.7 Å². The van der Waals surface area contributed by atoms with Crippen LogP contribution in [0.4, 0.5) is 0 Å². The van der Waals surface area contributed by atoms with Crippen LogP contribution in [0.2, 0.25) is 0 Å². The Kier molecular flexibility index (Phi) is 4.15. The summed E-state index contributed by atoms with van der Waals surface area (Å²) in [5, 5.41) is 8.87. The molecule has 0 heterocycles. The third-order valence-electron chi connectivity index (χ3n) is 4.73. The van der Waals surface area contributed by atoms with Crippen LogP contribution in [0.1, 0.15) is 17.0 Å². The highest BCUT2D eigenvalue weighted by atomic mass is 32.2. The van der Waals surface area contributed by atoms with Gasteiger partial charge in [0.1, 0.15) is 5.75 Å². The summed E-state index contributed by atoms with van der Waals surface area (Å²) < 4.78 is 31.1. The highest BCUT2D eigenvalue weighted by Gasteiger charge is 2.69. The van der Waals surface area contributed by atoms with Crippen LogP contribution in [-0.2, 0) is 9.84 Å². The van der Waals surface area contributed by atoms with Crippen molar-refractivity contribution in [2.75, 3.05) is 13.7 Å². The molecular weight excluding hydrogens is 326 g/mol. The number of benzene rings is 2. The smallest absolute Gasteiger partial charge is 0.183 e. The molecule has 1 saturated carbocycles. The molecule has 0 aliphatic heterocycles. The molecule has 3 atom stereocenters. The summed E-state index contributed by atoms with van der Waals surface area (Å²) in [4.78, 5) is 0.234. The number of rotatable bonds is 5. The second-order valence-electron chi connectivity index (χ2n) is 6.30. The van der Waals surface area contributed by atoms with Crippen molar-refractivity contribution in [3.63, 3.8) is 0 Å². The number of methoxy groups -OCH3 is 1. The Morgan fingerprint density at radius 3 is 2.21 bits per heavy atom. The first-order chi connectivity index (χ1) is 11.3.